The number of hydrogen-bond acceptors (Lipinski definition) is 4. The number of aromatic carboxylic acids is 1. The average molecular weight is 312 g/mol. The first-order chi connectivity index (χ1) is 9.47. The van der Waals surface area contributed by atoms with Gasteiger partial charge in [-0.3, -0.25) is 9.11 Å². The van der Waals surface area contributed by atoms with Crippen LogP contribution in [0.25, 0.3) is 10.1 Å². The molecule has 0 radical (unpaired) electrons. The summed E-state index contributed by atoms with van der Waals surface area (Å²) in [6.45, 7) is 0. The molecule has 1 unspecified atom stereocenters. The Morgan fingerprint density at radius 2 is 2.05 bits per heavy atom. The number of thiophene rings is 1. The summed E-state index contributed by atoms with van der Waals surface area (Å²) in [6, 6.07) is 7.34. The molecule has 0 amide bonds. The summed E-state index contributed by atoms with van der Waals surface area (Å²) < 4.78 is 21.3. The molecular formula is C14H16O4S2. The molecule has 1 aromatic carbocycles. The van der Waals surface area contributed by atoms with Gasteiger partial charge in [0.15, 0.2) is 0 Å². The largest absolute Gasteiger partial charge is 0.477 e. The Hall–Kier alpha value is -1.08. The molecule has 2 heterocycles. The molecule has 0 bridgehead atoms. The van der Waals surface area contributed by atoms with Gasteiger partial charge in [-0.2, -0.15) is 10.6 Å². The van der Waals surface area contributed by atoms with Crippen LogP contribution in [0.3, 0.4) is 0 Å². The number of benzene rings is 1. The van der Waals surface area contributed by atoms with Crippen molar-refractivity contribution in [2.24, 2.45) is 0 Å². The van der Waals surface area contributed by atoms with Crippen molar-refractivity contribution in [2.45, 2.75) is 24.5 Å². The maximum Gasteiger partial charge on any atom is 0.345 e. The third kappa shape index (κ3) is 2.44. The summed E-state index contributed by atoms with van der Waals surface area (Å²) in [5.41, 5.74) is 0.909. The zero-order chi connectivity index (χ0) is 14.3. The Labute approximate surface area is 122 Å². The normalized spacial score (nSPS) is 23.6. The summed E-state index contributed by atoms with van der Waals surface area (Å²) in [7, 11) is -2.57. The van der Waals surface area contributed by atoms with E-state index in [0.717, 1.165) is 34.9 Å². The highest BCUT2D eigenvalue weighted by Crippen LogP contribution is 2.59. The Balaban J connectivity index is 2.01. The van der Waals surface area contributed by atoms with E-state index in [2.05, 4.69) is 0 Å². The molecule has 1 aromatic heterocycles. The van der Waals surface area contributed by atoms with Crippen molar-refractivity contribution in [1.29, 1.82) is 0 Å². The van der Waals surface area contributed by atoms with E-state index in [1.807, 2.05) is 18.2 Å². The summed E-state index contributed by atoms with van der Waals surface area (Å²) in [4.78, 5) is 11.3. The van der Waals surface area contributed by atoms with Crippen LogP contribution in [0.5, 0.6) is 0 Å². The molecule has 0 aliphatic carbocycles. The molecule has 0 saturated carbocycles. The van der Waals surface area contributed by atoms with Gasteiger partial charge in [-0.15, -0.1) is 11.3 Å². The Morgan fingerprint density at radius 1 is 1.25 bits per heavy atom. The number of carboxylic acids is 1. The van der Waals surface area contributed by atoms with Crippen LogP contribution in [-0.4, -0.2) is 25.9 Å². The Kier molecular flexibility index (Phi) is 3.50. The smallest absolute Gasteiger partial charge is 0.345 e. The third-order valence-corrected chi connectivity index (χ3v) is 7.15. The van der Waals surface area contributed by atoms with Crippen LogP contribution in [0.1, 0.15) is 39.7 Å². The van der Waals surface area contributed by atoms with E-state index in [9.17, 15) is 13.9 Å². The minimum absolute atomic E-state index is 0.214. The second-order valence-electron chi connectivity index (χ2n) is 5.12. The van der Waals surface area contributed by atoms with E-state index in [4.69, 9.17) is 5.11 Å². The molecule has 0 spiro atoms. The van der Waals surface area contributed by atoms with Gasteiger partial charge in [0.2, 0.25) is 0 Å². The molecule has 3 N–H and O–H groups in total. The average Bonchev–Trinajstić information content (AvgIpc) is 2.81. The molecule has 1 fully saturated rings. The molecule has 20 heavy (non-hydrogen) atoms. The van der Waals surface area contributed by atoms with Gasteiger partial charge in [0, 0.05) is 10.5 Å². The van der Waals surface area contributed by atoms with Crippen LogP contribution in [0.2, 0.25) is 0 Å². The second-order valence-corrected chi connectivity index (χ2v) is 8.61. The quantitative estimate of drug-likeness (QED) is 0.758. The second kappa shape index (κ2) is 5.04. The fourth-order valence-corrected chi connectivity index (χ4v) is 5.65. The number of hydrogen-bond donors (Lipinski definition) is 3. The van der Waals surface area contributed by atoms with E-state index < -0.39 is 16.6 Å². The van der Waals surface area contributed by atoms with Crippen molar-refractivity contribution >= 4 is 38.0 Å². The predicted molar refractivity (Wildman–Crippen MR) is 83.1 cm³/mol. The number of fused-ring (bicyclic) bond motifs is 1. The highest BCUT2D eigenvalue weighted by molar-refractivity contribution is 8.24. The van der Waals surface area contributed by atoms with Crippen molar-refractivity contribution in [3.05, 3.63) is 34.7 Å². The molecule has 3 rings (SSSR count). The first kappa shape index (κ1) is 13.9. The van der Waals surface area contributed by atoms with Gasteiger partial charge in [0.25, 0.3) is 0 Å². The minimum atomic E-state index is -2.57. The standard InChI is InChI=1S/C14H16O4S2/c15-14(16)12-8-10-7-9(4-5-11(10)19-12)13-3-1-2-6-20(13,17)18/h4-5,7-8,13,17-18H,1-3,6H2,(H,15,16). The molecule has 1 atom stereocenters. The lowest BCUT2D eigenvalue weighted by molar-refractivity contribution is 0.0702. The lowest BCUT2D eigenvalue weighted by Gasteiger charge is -2.44. The van der Waals surface area contributed by atoms with Crippen molar-refractivity contribution in [3.8, 4) is 0 Å². The van der Waals surface area contributed by atoms with E-state index in [0.29, 0.717) is 10.6 Å². The SMILES string of the molecule is O=C(O)c1cc2cc(C3CCCCS3(O)O)ccc2s1. The van der Waals surface area contributed by atoms with Crippen LogP contribution < -0.4 is 0 Å². The van der Waals surface area contributed by atoms with E-state index in [1.54, 1.807) is 6.07 Å². The molecule has 1 aliphatic heterocycles. The fourth-order valence-electron chi connectivity index (χ4n) is 2.73. The van der Waals surface area contributed by atoms with E-state index in [1.165, 1.54) is 11.3 Å². The Bertz CT molecular complexity index is 662. The monoisotopic (exact) mass is 312 g/mol. The van der Waals surface area contributed by atoms with Gasteiger partial charge in [-0.05, 0) is 48.4 Å². The van der Waals surface area contributed by atoms with Crippen LogP contribution >= 0.6 is 21.9 Å². The number of carbonyl (C=O) groups is 1. The van der Waals surface area contributed by atoms with E-state index >= 15 is 0 Å². The molecule has 4 nitrogen and oxygen atoms in total. The maximum atomic E-state index is 11.0. The Morgan fingerprint density at radius 3 is 2.75 bits per heavy atom. The van der Waals surface area contributed by atoms with Gasteiger partial charge >= 0.3 is 5.97 Å². The lowest BCUT2D eigenvalue weighted by atomic mass is 10.0. The minimum Gasteiger partial charge on any atom is -0.477 e. The fraction of sp³-hybridized carbons (Fsp3) is 0.357. The molecule has 2 aromatic rings. The van der Waals surface area contributed by atoms with Crippen molar-refractivity contribution in [1.82, 2.24) is 0 Å². The van der Waals surface area contributed by atoms with Crippen LogP contribution in [-0.2, 0) is 0 Å². The van der Waals surface area contributed by atoms with Crippen LogP contribution in [0, 0.1) is 0 Å². The van der Waals surface area contributed by atoms with Crippen molar-refractivity contribution in [2.75, 3.05) is 5.75 Å². The van der Waals surface area contributed by atoms with Crippen LogP contribution in [0.15, 0.2) is 24.3 Å². The van der Waals surface area contributed by atoms with E-state index in [-0.39, 0.29) is 5.25 Å². The highest BCUT2D eigenvalue weighted by Gasteiger charge is 2.30. The molecule has 6 heteroatoms. The molecule has 1 aliphatic rings. The predicted octanol–water partition coefficient (Wildman–Crippen LogP) is 4.58. The van der Waals surface area contributed by atoms with Gasteiger partial charge < -0.3 is 5.11 Å². The summed E-state index contributed by atoms with van der Waals surface area (Å²) >= 11 is 1.24. The maximum absolute atomic E-state index is 11.0. The summed E-state index contributed by atoms with van der Waals surface area (Å²) in [5.74, 6) is -0.450. The zero-order valence-corrected chi connectivity index (χ0v) is 12.4. The molecule has 108 valence electrons. The topological polar surface area (TPSA) is 77.8 Å². The summed E-state index contributed by atoms with van der Waals surface area (Å²) in [5, 5.41) is 9.67. The highest BCUT2D eigenvalue weighted by atomic mass is 32.3. The van der Waals surface area contributed by atoms with Gasteiger partial charge in [0.05, 0.1) is 5.25 Å². The number of carboxylic acid groups (broad SMARTS) is 1. The summed E-state index contributed by atoms with van der Waals surface area (Å²) in [6.07, 6.45) is 2.65. The van der Waals surface area contributed by atoms with Crippen molar-refractivity contribution < 1.29 is 19.0 Å². The lowest BCUT2D eigenvalue weighted by Crippen LogP contribution is -2.18. The van der Waals surface area contributed by atoms with Gasteiger partial charge in [0.1, 0.15) is 4.88 Å². The van der Waals surface area contributed by atoms with Gasteiger partial charge in [-0.1, -0.05) is 6.07 Å². The van der Waals surface area contributed by atoms with Crippen LogP contribution in [0.4, 0.5) is 0 Å². The number of rotatable bonds is 2. The third-order valence-electron chi connectivity index (χ3n) is 3.74. The first-order valence-electron chi connectivity index (χ1n) is 6.49. The first-order valence-corrected chi connectivity index (χ1v) is 9.08. The van der Waals surface area contributed by atoms with Crippen molar-refractivity contribution in [3.63, 3.8) is 0 Å². The molecule has 1 saturated heterocycles. The molecular weight excluding hydrogens is 296 g/mol. The zero-order valence-electron chi connectivity index (χ0n) is 10.8. The van der Waals surface area contributed by atoms with Gasteiger partial charge in [-0.25, -0.2) is 4.79 Å².